The summed E-state index contributed by atoms with van der Waals surface area (Å²) in [5, 5.41) is 8.37. The van der Waals surface area contributed by atoms with Crippen LogP contribution >= 0.6 is 0 Å². The fourth-order valence-electron chi connectivity index (χ4n) is 3.82. The van der Waals surface area contributed by atoms with Gasteiger partial charge in [0.15, 0.2) is 11.6 Å². The summed E-state index contributed by atoms with van der Waals surface area (Å²) < 4.78 is 41.8. The molecule has 0 aliphatic carbocycles. The molecule has 3 aromatic rings. The normalized spacial score (nSPS) is 13.8. The van der Waals surface area contributed by atoms with Crippen LogP contribution in [0.4, 0.5) is 47.7 Å². The highest BCUT2D eigenvalue weighted by atomic mass is 19.1. The van der Waals surface area contributed by atoms with Crippen LogP contribution in [0.15, 0.2) is 61.3 Å². The maximum atomic E-state index is 14.9. The Kier molecular flexibility index (Phi) is 8.01. The molecule has 0 bridgehead atoms. The van der Waals surface area contributed by atoms with Gasteiger partial charge in [0.1, 0.15) is 12.5 Å². The monoisotopic (exact) mass is 497 g/mol. The summed E-state index contributed by atoms with van der Waals surface area (Å²) in [6.45, 7) is 5.97. The van der Waals surface area contributed by atoms with Gasteiger partial charge in [0, 0.05) is 49.8 Å². The molecule has 0 unspecified atom stereocenters. The lowest BCUT2D eigenvalue weighted by Crippen LogP contribution is -2.47. The highest BCUT2D eigenvalue weighted by Crippen LogP contribution is 2.26. The van der Waals surface area contributed by atoms with E-state index < -0.39 is 18.3 Å². The van der Waals surface area contributed by atoms with E-state index in [1.807, 2.05) is 9.80 Å². The molecule has 3 N–H and O–H groups in total. The summed E-state index contributed by atoms with van der Waals surface area (Å²) in [5.41, 5.74) is 1.85. The van der Waals surface area contributed by atoms with E-state index in [0.29, 0.717) is 55.5 Å². The lowest BCUT2D eigenvalue weighted by molar-refractivity contribution is -0.111. The van der Waals surface area contributed by atoms with E-state index >= 15 is 0 Å². The molecule has 11 heteroatoms. The van der Waals surface area contributed by atoms with Gasteiger partial charge in [0.05, 0.1) is 11.9 Å². The minimum atomic E-state index is -0.686. The molecule has 2 heterocycles. The first-order valence-corrected chi connectivity index (χ1v) is 11.4. The average Bonchev–Trinajstić information content (AvgIpc) is 2.87. The van der Waals surface area contributed by atoms with Crippen molar-refractivity contribution in [2.45, 2.75) is 0 Å². The summed E-state index contributed by atoms with van der Waals surface area (Å²) in [4.78, 5) is 23.5. The van der Waals surface area contributed by atoms with Gasteiger partial charge in [0.25, 0.3) is 0 Å². The summed E-state index contributed by atoms with van der Waals surface area (Å²) in [6, 6.07) is 11.3. The molecular weight excluding hydrogens is 471 g/mol. The van der Waals surface area contributed by atoms with E-state index in [-0.39, 0.29) is 17.7 Å². The van der Waals surface area contributed by atoms with Crippen molar-refractivity contribution in [2.75, 3.05) is 60.2 Å². The smallest absolute Gasteiger partial charge is 0.247 e. The van der Waals surface area contributed by atoms with Crippen molar-refractivity contribution in [3.8, 4) is 0 Å². The van der Waals surface area contributed by atoms with E-state index in [1.54, 1.807) is 36.4 Å². The number of hydrogen-bond acceptors (Lipinski definition) is 7. The molecule has 4 rings (SSSR count). The standard InChI is InChI=1S/C25H26F3N7O/c1-2-23(36)30-17-4-3-5-18(14-17)31-24-21(28)16-29-25(33-24)32-19-6-7-22(20(27)15-19)35-12-10-34(9-8-26)11-13-35/h2-7,14-16H,1,8-13H2,(H,30,36)(H2,29,31,32,33). The third kappa shape index (κ3) is 6.30. The van der Waals surface area contributed by atoms with Crippen molar-refractivity contribution in [2.24, 2.45) is 0 Å². The van der Waals surface area contributed by atoms with E-state index in [2.05, 4.69) is 32.5 Å². The lowest BCUT2D eigenvalue weighted by atomic mass is 10.2. The number of anilines is 6. The molecular formula is C25H26F3N7O. The fraction of sp³-hybridized carbons (Fsp3) is 0.240. The second-order valence-corrected chi connectivity index (χ2v) is 8.10. The second-order valence-electron chi connectivity index (χ2n) is 8.10. The molecule has 1 saturated heterocycles. The first kappa shape index (κ1) is 25.0. The summed E-state index contributed by atoms with van der Waals surface area (Å²) in [7, 11) is 0. The predicted molar refractivity (Wildman–Crippen MR) is 135 cm³/mol. The van der Waals surface area contributed by atoms with Crippen LogP contribution in [0.3, 0.4) is 0 Å². The van der Waals surface area contributed by atoms with Crippen LogP contribution in [0.25, 0.3) is 0 Å². The van der Waals surface area contributed by atoms with Gasteiger partial charge in [-0.2, -0.15) is 4.98 Å². The van der Waals surface area contributed by atoms with Crippen LogP contribution in [0.1, 0.15) is 0 Å². The Hall–Kier alpha value is -4.12. The van der Waals surface area contributed by atoms with Gasteiger partial charge in [-0.05, 0) is 42.5 Å². The zero-order chi connectivity index (χ0) is 25.5. The zero-order valence-corrected chi connectivity index (χ0v) is 19.5. The first-order chi connectivity index (χ1) is 17.4. The molecule has 1 fully saturated rings. The Balaban J connectivity index is 1.44. The summed E-state index contributed by atoms with van der Waals surface area (Å²) >= 11 is 0. The number of halogens is 3. The lowest BCUT2D eigenvalue weighted by Gasteiger charge is -2.35. The Labute approximate surface area is 206 Å². The van der Waals surface area contributed by atoms with Crippen LogP contribution < -0.4 is 20.9 Å². The molecule has 188 valence electrons. The third-order valence-electron chi connectivity index (χ3n) is 5.64. The topological polar surface area (TPSA) is 85.4 Å². The van der Waals surface area contributed by atoms with Gasteiger partial charge < -0.3 is 20.9 Å². The highest BCUT2D eigenvalue weighted by Gasteiger charge is 2.19. The number of piperazine rings is 1. The van der Waals surface area contributed by atoms with Crippen molar-refractivity contribution < 1.29 is 18.0 Å². The minimum Gasteiger partial charge on any atom is -0.367 e. The molecule has 0 atom stereocenters. The number of aromatic nitrogens is 2. The zero-order valence-electron chi connectivity index (χ0n) is 19.5. The molecule has 0 saturated carbocycles. The number of carbonyl (C=O) groups excluding carboxylic acids is 1. The van der Waals surface area contributed by atoms with Crippen LogP contribution in [-0.2, 0) is 4.79 Å². The third-order valence-corrected chi connectivity index (χ3v) is 5.64. The van der Waals surface area contributed by atoms with Crippen molar-refractivity contribution >= 4 is 40.4 Å². The maximum absolute atomic E-state index is 14.9. The molecule has 36 heavy (non-hydrogen) atoms. The molecule has 0 spiro atoms. The molecule has 1 amide bonds. The van der Waals surface area contributed by atoms with Crippen molar-refractivity contribution in [3.05, 3.63) is 73.0 Å². The number of hydrogen-bond donors (Lipinski definition) is 3. The van der Waals surface area contributed by atoms with Gasteiger partial charge in [-0.3, -0.25) is 9.69 Å². The number of nitrogens with zero attached hydrogens (tertiary/aromatic N) is 4. The number of benzene rings is 2. The van der Waals surface area contributed by atoms with Crippen molar-refractivity contribution in [1.29, 1.82) is 0 Å². The first-order valence-electron chi connectivity index (χ1n) is 11.4. The van der Waals surface area contributed by atoms with Crippen LogP contribution in [0, 0.1) is 11.6 Å². The number of alkyl halides is 1. The molecule has 1 aliphatic heterocycles. The Bertz CT molecular complexity index is 1230. The number of nitrogens with one attached hydrogen (secondary N) is 3. The van der Waals surface area contributed by atoms with Gasteiger partial charge in [-0.1, -0.05) is 12.6 Å². The Morgan fingerprint density at radius 1 is 1.00 bits per heavy atom. The van der Waals surface area contributed by atoms with Crippen molar-refractivity contribution in [3.63, 3.8) is 0 Å². The largest absolute Gasteiger partial charge is 0.367 e. The van der Waals surface area contributed by atoms with Gasteiger partial charge in [-0.15, -0.1) is 0 Å². The average molecular weight is 498 g/mol. The SMILES string of the molecule is C=CC(=O)Nc1cccc(Nc2nc(Nc3ccc(N4CCN(CCF)CC4)c(F)c3)ncc2F)c1. The highest BCUT2D eigenvalue weighted by molar-refractivity contribution is 5.99. The van der Waals surface area contributed by atoms with Crippen LogP contribution in [0.5, 0.6) is 0 Å². The fourth-order valence-corrected chi connectivity index (χ4v) is 3.82. The predicted octanol–water partition coefficient (Wildman–Crippen LogP) is 4.46. The summed E-state index contributed by atoms with van der Waals surface area (Å²) in [5.74, 6) is -1.50. The van der Waals surface area contributed by atoms with Gasteiger partial charge >= 0.3 is 0 Å². The van der Waals surface area contributed by atoms with E-state index in [9.17, 15) is 18.0 Å². The van der Waals surface area contributed by atoms with E-state index in [4.69, 9.17) is 0 Å². The second kappa shape index (κ2) is 11.5. The Morgan fingerprint density at radius 2 is 1.75 bits per heavy atom. The molecule has 2 aromatic carbocycles. The quantitative estimate of drug-likeness (QED) is 0.377. The Morgan fingerprint density at radius 3 is 2.47 bits per heavy atom. The molecule has 1 aliphatic rings. The number of amides is 1. The summed E-state index contributed by atoms with van der Waals surface area (Å²) in [6.07, 6.45) is 2.15. The van der Waals surface area contributed by atoms with Crippen LogP contribution in [-0.4, -0.2) is 60.2 Å². The maximum Gasteiger partial charge on any atom is 0.247 e. The van der Waals surface area contributed by atoms with Crippen molar-refractivity contribution in [1.82, 2.24) is 14.9 Å². The number of carbonyl (C=O) groups is 1. The van der Waals surface area contributed by atoms with Gasteiger partial charge in [0.2, 0.25) is 11.9 Å². The molecule has 0 radical (unpaired) electrons. The van der Waals surface area contributed by atoms with E-state index in [0.717, 1.165) is 12.3 Å². The molecule has 8 nitrogen and oxygen atoms in total. The van der Waals surface area contributed by atoms with E-state index in [1.165, 1.54) is 6.07 Å². The minimum absolute atomic E-state index is 0.0713. The number of rotatable bonds is 9. The van der Waals surface area contributed by atoms with Crippen LogP contribution in [0.2, 0.25) is 0 Å². The molecule has 1 aromatic heterocycles. The van der Waals surface area contributed by atoms with Gasteiger partial charge in [-0.25, -0.2) is 18.2 Å².